The van der Waals surface area contributed by atoms with Gasteiger partial charge in [0.1, 0.15) is 0 Å². The second-order valence-corrected chi connectivity index (χ2v) is 7.44. The van der Waals surface area contributed by atoms with Crippen molar-refractivity contribution in [3.63, 3.8) is 0 Å². The van der Waals surface area contributed by atoms with Crippen molar-refractivity contribution in [2.24, 2.45) is 17.8 Å². The highest BCUT2D eigenvalue weighted by Crippen LogP contribution is 2.39. The molecule has 0 radical (unpaired) electrons. The predicted octanol–water partition coefficient (Wildman–Crippen LogP) is 6.22. The molecule has 0 N–H and O–H groups in total. The van der Waals surface area contributed by atoms with Crippen LogP contribution in [-0.4, -0.2) is 5.38 Å². The zero-order chi connectivity index (χ0) is 14.0. The molecule has 3 unspecified atom stereocenters. The van der Waals surface area contributed by atoms with E-state index in [0.29, 0.717) is 5.92 Å². The van der Waals surface area contributed by atoms with Crippen molar-refractivity contribution in [1.82, 2.24) is 0 Å². The quantitative estimate of drug-likeness (QED) is 0.580. The van der Waals surface area contributed by atoms with Gasteiger partial charge in [-0.25, -0.2) is 0 Å². The largest absolute Gasteiger partial charge is 0.123 e. The molecule has 1 aliphatic rings. The fourth-order valence-corrected chi connectivity index (χ4v) is 3.77. The fourth-order valence-electron chi connectivity index (χ4n) is 3.06. The lowest BCUT2D eigenvalue weighted by atomic mass is 9.74. The van der Waals surface area contributed by atoms with Crippen molar-refractivity contribution in [3.05, 3.63) is 33.8 Å². The van der Waals surface area contributed by atoms with Crippen LogP contribution in [0.15, 0.2) is 18.2 Å². The van der Waals surface area contributed by atoms with Crippen molar-refractivity contribution in [2.45, 2.75) is 44.9 Å². The highest BCUT2D eigenvalue weighted by molar-refractivity contribution is 6.33. The molecule has 3 atom stereocenters. The van der Waals surface area contributed by atoms with Gasteiger partial charge >= 0.3 is 0 Å². The Labute approximate surface area is 131 Å². The first-order valence-corrected chi connectivity index (χ1v) is 8.24. The van der Waals surface area contributed by atoms with Crippen LogP contribution in [0.4, 0.5) is 0 Å². The van der Waals surface area contributed by atoms with E-state index < -0.39 is 0 Å². The molecular formula is C16H21Cl3. The molecule has 1 aromatic rings. The van der Waals surface area contributed by atoms with Gasteiger partial charge in [-0.2, -0.15) is 0 Å². The van der Waals surface area contributed by atoms with Crippen LogP contribution in [0.5, 0.6) is 0 Å². The third kappa shape index (κ3) is 4.03. The SMILES string of the molecule is CC(C)C1CCC(Cl)C(Cc2cc(Cl)ccc2Cl)C1. The second kappa shape index (κ2) is 6.70. The van der Waals surface area contributed by atoms with Gasteiger partial charge in [0.15, 0.2) is 0 Å². The molecule has 0 bridgehead atoms. The van der Waals surface area contributed by atoms with Crippen LogP contribution in [0, 0.1) is 17.8 Å². The maximum absolute atomic E-state index is 6.52. The van der Waals surface area contributed by atoms with Crippen molar-refractivity contribution in [3.8, 4) is 0 Å². The molecule has 1 saturated carbocycles. The first-order valence-electron chi connectivity index (χ1n) is 7.05. The van der Waals surface area contributed by atoms with Crippen LogP contribution < -0.4 is 0 Å². The summed E-state index contributed by atoms with van der Waals surface area (Å²) < 4.78 is 0. The van der Waals surface area contributed by atoms with E-state index in [2.05, 4.69) is 13.8 Å². The fraction of sp³-hybridized carbons (Fsp3) is 0.625. The molecule has 0 amide bonds. The molecule has 106 valence electrons. The van der Waals surface area contributed by atoms with Gasteiger partial charge < -0.3 is 0 Å². The third-order valence-electron chi connectivity index (χ3n) is 4.36. The minimum atomic E-state index is 0.269. The summed E-state index contributed by atoms with van der Waals surface area (Å²) in [6, 6.07) is 5.70. The molecule has 0 aliphatic heterocycles. The molecule has 1 aromatic carbocycles. The van der Waals surface area contributed by atoms with Gasteiger partial charge in [0, 0.05) is 15.4 Å². The van der Waals surface area contributed by atoms with Gasteiger partial charge in [0.05, 0.1) is 0 Å². The standard InChI is InChI=1S/C16H21Cl3/c1-10(2)11-3-5-15(18)12(7-11)8-13-9-14(17)4-6-16(13)19/h4,6,9-12,15H,3,5,7-8H2,1-2H3. The highest BCUT2D eigenvalue weighted by atomic mass is 35.5. The predicted molar refractivity (Wildman–Crippen MR) is 85.5 cm³/mol. The molecule has 2 rings (SSSR count). The maximum atomic E-state index is 6.52. The Bertz CT molecular complexity index is 428. The Kier molecular flexibility index (Phi) is 5.45. The van der Waals surface area contributed by atoms with Gasteiger partial charge in [-0.05, 0) is 67.2 Å². The van der Waals surface area contributed by atoms with Gasteiger partial charge in [-0.15, -0.1) is 11.6 Å². The van der Waals surface area contributed by atoms with Crippen LogP contribution >= 0.6 is 34.8 Å². The van der Waals surface area contributed by atoms with Crippen molar-refractivity contribution in [2.75, 3.05) is 0 Å². The molecule has 3 heteroatoms. The number of hydrogen-bond donors (Lipinski definition) is 0. The number of halogens is 3. The lowest BCUT2D eigenvalue weighted by Gasteiger charge is -2.35. The summed E-state index contributed by atoms with van der Waals surface area (Å²) in [7, 11) is 0. The monoisotopic (exact) mass is 318 g/mol. The summed E-state index contributed by atoms with van der Waals surface area (Å²) in [6.45, 7) is 4.62. The maximum Gasteiger partial charge on any atom is 0.0439 e. The molecule has 0 heterocycles. The normalized spacial score (nSPS) is 27.8. The first-order chi connectivity index (χ1) is 8.97. The summed E-state index contributed by atoms with van der Waals surface area (Å²) in [5, 5.41) is 1.83. The first kappa shape index (κ1) is 15.5. The summed E-state index contributed by atoms with van der Waals surface area (Å²) in [5.41, 5.74) is 1.13. The number of rotatable bonds is 3. The number of benzene rings is 1. The average molecular weight is 320 g/mol. The van der Waals surface area contributed by atoms with Crippen LogP contribution in [0.3, 0.4) is 0 Å². The second-order valence-electron chi connectivity index (χ2n) is 6.03. The summed E-state index contributed by atoms with van der Waals surface area (Å²) >= 11 is 18.8. The smallest absolute Gasteiger partial charge is 0.0439 e. The topological polar surface area (TPSA) is 0 Å². The zero-order valence-corrected chi connectivity index (χ0v) is 13.8. The molecule has 0 saturated heterocycles. The van der Waals surface area contributed by atoms with E-state index in [0.717, 1.165) is 40.3 Å². The van der Waals surface area contributed by atoms with Gasteiger partial charge in [-0.3, -0.25) is 0 Å². The van der Waals surface area contributed by atoms with Crippen LogP contribution in [0.25, 0.3) is 0 Å². The average Bonchev–Trinajstić information content (AvgIpc) is 2.36. The summed E-state index contributed by atoms with van der Waals surface area (Å²) in [4.78, 5) is 0. The van der Waals surface area contributed by atoms with Gasteiger partial charge in [0.25, 0.3) is 0 Å². The van der Waals surface area contributed by atoms with Crippen LogP contribution in [0.1, 0.15) is 38.7 Å². The minimum absolute atomic E-state index is 0.269. The van der Waals surface area contributed by atoms with E-state index in [1.807, 2.05) is 18.2 Å². The van der Waals surface area contributed by atoms with Crippen LogP contribution in [-0.2, 0) is 6.42 Å². The van der Waals surface area contributed by atoms with E-state index in [9.17, 15) is 0 Å². The Morgan fingerprint density at radius 1 is 1.21 bits per heavy atom. The van der Waals surface area contributed by atoms with Crippen molar-refractivity contribution in [1.29, 1.82) is 0 Å². The Hall–Kier alpha value is 0.0900. The van der Waals surface area contributed by atoms with E-state index in [1.54, 1.807) is 0 Å². The minimum Gasteiger partial charge on any atom is -0.123 e. The Morgan fingerprint density at radius 3 is 2.63 bits per heavy atom. The van der Waals surface area contributed by atoms with Gasteiger partial charge in [0.2, 0.25) is 0 Å². The van der Waals surface area contributed by atoms with E-state index in [-0.39, 0.29) is 5.38 Å². The Balaban J connectivity index is 2.09. The molecule has 1 fully saturated rings. The van der Waals surface area contributed by atoms with Crippen molar-refractivity contribution >= 4 is 34.8 Å². The molecule has 0 nitrogen and oxygen atoms in total. The van der Waals surface area contributed by atoms with Gasteiger partial charge in [-0.1, -0.05) is 37.0 Å². The Morgan fingerprint density at radius 2 is 1.95 bits per heavy atom. The number of alkyl halides is 1. The van der Waals surface area contributed by atoms with E-state index >= 15 is 0 Å². The summed E-state index contributed by atoms with van der Waals surface area (Å²) in [5.74, 6) is 2.04. The molecule has 19 heavy (non-hydrogen) atoms. The van der Waals surface area contributed by atoms with E-state index in [1.165, 1.54) is 12.8 Å². The van der Waals surface area contributed by atoms with Crippen LogP contribution in [0.2, 0.25) is 10.0 Å². The lowest BCUT2D eigenvalue weighted by molar-refractivity contribution is 0.218. The molecule has 1 aliphatic carbocycles. The highest BCUT2D eigenvalue weighted by Gasteiger charge is 2.31. The summed E-state index contributed by atoms with van der Waals surface area (Å²) in [6.07, 6.45) is 4.52. The lowest BCUT2D eigenvalue weighted by Crippen LogP contribution is -2.29. The molecular weight excluding hydrogens is 299 g/mol. The van der Waals surface area contributed by atoms with E-state index in [4.69, 9.17) is 34.8 Å². The zero-order valence-electron chi connectivity index (χ0n) is 11.5. The molecule has 0 spiro atoms. The molecule has 0 aromatic heterocycles. The number of hydrogen-bond acceptors (Lipinski definition) is 0. The third-order valence-corrected chi connectivity index (χ3v) is 5.54. The van der Waals surface area contributed by atoms with Crippen molar-refractivity contribution < 1.29 is 0 Å².